The third kappa shape index (κ3) is 3.83. The minimum Gasteiger partial charge on any atom is -0.420 e. The first-order valence-electron chi connectivity index (χ1n) is 11.8. The highest BCUT2D eigenvalue weighted by atomic mass is 19.1. The lowest BCUT2D eigenvalue weighted by Gasteiger charge is -2.26. The fraction of sp³-hybridized carbons (Fsp3) is 0.333. The number of nitrogens with one attached hydrogen (secondary N) is 3. The van der Waals surface area contributed by atoms with Crippen LogP contribution in [0.3, 0.4) is 0 Å². The molecule has 4 aromatic heterocycles. The molecular formula is C24H25F2N9O. The zero-order valence-electron chi connectivity index (χ0n) is 20.1. The molecule has 0 atom stereocenters. The zero-order valence-corrected chi connectivity index (χ0v) is 20.1. The van der Waals surface area contributed by atoms with Crippen LogP contribution in [0.4, 0.5) is 26.6 Å². The highest BCUT2D eigenvalue weighted by Crippen LogP contribution is 2.31. The number of hydrogen-bond donors (Lipinski definition) is 3. The van der Waals surface area contributed by atoms with Crippen LogP contribution in [-0.4, -0.2) is 55.7 Å². The smallest absolute Gasteiger partial charge is 0.248 e. The zero-order chi connectivity index (χ0) is 25.0. The maximum Gasteiger partial charge on any atom is 0.248 e. The van der Waals surface area contributed by atoms with Crippen LogP contribution in [0, 0.1) is 18.6 Å². The first kappa shape index (κ1) is 22.4. The van der Waals surface area contributed by atoms with Gasteiger partial charge in [0.15, 0.2) is 11.6 Å². The lowest BCUT2D eigenvalue weighted by Crippen LogP contribution is -2.43. The molecule has 0 radical (unpaired) electrons. The van der Waals surface area contributed by atoms with Crippen LogP contribution in [0.25, 0.3) is 33.5 Å². The van der Waals surface area contributed by atoms with E-state index >= 15 is 0 Å². The van der Waals surface area contributed by atoms with Gasteiger partial charge in [0.25, 0.3) is 0 Å². The number of aryl methyl sites for hydroxylation is 1. The van der Waals surface area contributed by atoms with E-state index in [1.807, 2.05) is 31.4 Å². The normalized spacial score (nSPS) is 14.4. The van der Waals surface area contributed by atoms with Crippen LogP contribution in [0.2, 0.25) is 0 Å². The number of nitrogens with zero attached hydrogens (tertiary/aromatic N) is 6. The van der Waals surface area contributed by atoms with Crippen molar-refractivity contribution in [3.05, 3.63) is 41.9 Å². The molecule has 0 unspecified atom stereocenters. The van der Waals surface area contributed by atoms with Crippen LogP contribution < -0.4 is 15.5 Å². The fourth-order valence-electron chi connectivity index (χ4n) is 4.69. The Morgan fingerprint density at radius 2 is 1.86 bits per heavy atom. The van der Waals surface area contributed by atoms with Crippen LogP contribution in [0.15, 0.2) is 28.8 Å². The molecule has 0 aliphatic carbocycles. The molecule has 0 bridgehead atoms. The number of hydrogen-bond acceptors (Lipinski definition) is 8. The number of imidazole rings is 2. The number of halogens is 2. The minimum atomic E-state index is -0.666. The predicted molar refractivity (Wildman–Crippen MR) is 133 cm³/mol. The van der Waals surface area contributed by atoms with Crippen molar-refractivity contribution < 1.29 is 13.2 Å². The molecule has 0 spiro atoms. The molecule has 1 aliphatic rings. The molecule has 1 aromatic carbocycles. The quantitative estimate of drug-likeness (QED) is 0.333. The molecule has 5 aromatic rings. The summed E-state index contributed by atoms with van der Waals surface area (Å²) in [6, 6.07) is 4.90. The number of rotatable bonds is 5. The van der Waals surface area contributed by atoms with E-state index < -0.39 is 11.6 Å². The Morgan fingerprint density at radius 1 is 1.06 bits per heavy atom. The summed E-state index contributed by atoms with van der Waals surface area (Å²) >= 11 is 0. The van der Waals surface area contributed by atoms with Gasteiger partial charge in [0, 0.05) is 43.9 Å². The number of aromatic amines is 1. The van der Waals surface area contributed by atoms with Gasteiger partial charge in [-0.15, -0.1) is 0 Å². The third-order valence-corrected chi connectivity index (χ3v) is 6.28. The molecule has 1 aliphatic heterocycles. The van der Waals surface area contributed by atoms with Gasteiger partial charge >= 0.3 is 0 Å². The number of aromatic nitrogens is 6. The summed E-state index contributed by atoms with van der Waals surface area (Å²) in [5, 5.41) is 6.26. The maximum atomic E-state index is 14.9. The number of fused-ring (bicyclic) bond motifs is 2. The molecular weight excluding hydrogens is 468 g/mol. The third-order valence-electron chi connectivity index (χ3n) is 6.28. The summed E-state index contributed by atoms with van der Waals surface area (Å²) in [4.78, 5) is 22.4. The van der Waals surface area contributed by atoms with Crippen molar-refractivity contribution >= 4 is 40.0 Å². The van der Waals surface area contributed by atoms with Gasteiger partial charge in [-0.1, -0.05) is 0 Å². The molecule has 12 heteroatoms. The summed E-state index contributed by atoms with van der Waals surface area (Å²) in [7, 11) is 0. The van der Waals surface area contributed by atoms with Crippen molar-refractivity contribution in [2.45, 2.75) is 26.8 Å². The molecule has 186 valence electrons. The SMILES string of the molecule is Cc1nc2c(F)cc(-c3nc(Nc4nc5oc(N6CCNCC6)cc5[nH]4)ncc3F)cc2n1C(C)C. The van der Waals surface area contributed by atoms with Crippen molar-refractivity contribution in [2.75, 3.05) is 36.4 Å². The number of furan rings is 1. The first-order chi connectivity index (χ1) is 17.4. The number of piperazine rings is 1. The van der Waals surface area contributed by atoms with E-state index in [1.54, 1.807) is 6.07 Å². The molecule has 36 heavy (non-hydrogen) atoms. The lowest BCUT2D eigenvalue weighted by atomic mass is 10.1. The molecule has 6 rings (SSSR count). The standard InChI is InChI=1S/C24H25F2N9O/c1-12(2)35-13(3)29-21-15(25)8-14(9-18(21)35)20-16(26)11-28-23(31-20)33-24-30-17-10-19(36-22(17)32-24)34-6-4-27-5-7-34/h8-12,27H,4-7H2,1-3H3,(H2,28,30,31,32,33). The van der Waals surface area contributed by atoms with Gasteiger partial charge < -0.3 is 24.2 Å². The largest absolute Gasteiger partial charge is 0.420 e. The Bertz CT molecular complexity index is 1550. The first-order valence-corrected chi connectivity index (χ1v) is 11.8. The maximum absolute atomic E-state index is 14.9. The lowest BCUT2D eigenvalue weighted by molar-refractivity contribution is 0.524. The Kier molecular flexibility index (Phi) is 5.32. The van der Waals surface area contributed by atoms with E-state index in [0.717, 1.165) is 43.8 Å². The van der Waals surface area contributed by atoms with Gasteiger partial charge in [-0.25, -0.2) is 23.7 Å². The van der Waals surface area contributed by atoms with E-state index in [-0.39, 0.29) is 23.2 Å². The molecule has 1 fully saturated rings. The van der Waals surface area contributed by atoms with Gasteiger partial charge in [-0.2, -0.15) is 4.98 Å². The second-order valence-corrected chi connectivity index (χ2v) is 9.09. The van der Waals surface area contributed by atoms with Gasteiger partial charge in [0.2, 0.25) is 23.5 Å². The van der Waals surface area contributed by atoms with Crippen LogP contribution in [0.5, 0.6) is 0 Å². The topological polar surface area (TPSA) is 113 Å². The van der Waals surface area contributed by atoms with Crippen molar-refractivity contribution in [2.24, 2.45) is 0 Å². The highest BCUT2D eigenvalue weighted by molar-refractivity contribution is 5.83. The Labute approximate surface area is 204 Å². The van der Waals surface area contributed by atoms with E-state index in [2.05, 4.69) is 40.5 Å². The summed E-state index contributed by atoms with van der Waals surface area (Å²) in [6.45, 7) is 9.30. The van der Waals surface area contributed by atoms with Crippen molar-refractivity contribution in [3.8, 4) is 11.3 Å². The summed E-state index contributed by atoms with van der Waals surface area (Å²) in [5.74, 6) is 0.696. The molecule has 3 N–H and O–H groups in total. The second kappa shape index (κ2) is 8.55. The predicted octanol–water partition coefficient (Wildman–Crippen LogP) is 4.28. The summed E-state index contributed by atoms with van der Waals surface area (Å²) in [5.41, 5.74) is 2.25. The fourth-order valence-corrected chi connectivity index (χ4v) is 4.69. The minimum absolute atomic E-state index is 0.0290. The van der Waals surface area contributed by atoms with Gasteiger partial charge in [-0.3, -0.25) is 5.32 Å². The van der Waals surface area contributed by atoms with E-state index in [9.17, 15) is 8.78 Å². The molecule has 0 amide bonds. The molecule has 1 saturated heterocycles. The van der Waals surface area contributed by atoms with E-state index in [0.29, 0.717) is 28.6 Å². The van der Waals surface area contributed by atoms with Gasteiger partial charge in [-0.05, 0) is 32.9 Å². The molecule has 5 heterocycles. The molecule has 0 saturated carbocycles. The van der Waals surface area contributed by atoms with Crippen molar-refractivity contribution in [3.63, 3.8) is 0 Å². The molecule has 10 nitrogen and oxygen atoms in total. The van der Waals surface area contributed by atoms with Gasteiger partial charge in [0.1, 0.15) is 22.6 Å². The second-order valence-electron chi connectivity index (χ2n) is 9.09. The highest BCUT2D eigenvalue weighted by Gasteiger charge is 2.20. The van der Waals surface area contributed by atoms with Crippen LogP contribution in [-0.2, 0) is 0 Å². The van der Waals surface area contributed by atoms with Gasteiger partial charge in [0.05, 0.1) is 11.7 Å². The van der Waals surface area contributed by atoms with Crippen LogP contribution >= 0.6 is 0 Å². The summed E-state index contributed by atoms with van der Waals surface area (Å²) < 4.78 is 37.5. The Balaban J connectivity index is 1.31. The monoisotopic (exact) mass is 493 g/mol. The Morgan fingerprint density at radius 3 is 2.61 bits per heavy atom. The van der Waals surface area contributed by atoms with E-state index in [4.69, 9.17) is 4.42 Å². The number of benzene rings is 1. The van der Waals surface area contributed by atoms with Crippen LogP contribution in [0.1, 0.15) is 25.7 Å². The number of anilines is 3. The van der Waals surface area contributed by atoms with E-state index in [1.165, 1.54) is 6.07 Å². The van der Waals surface area contributed by atoms with Crippen molar-refractivity contribution in [1.82, 2.24) is 34.8 Å². The summed E-state index contributed by atoms with van der Waals surface area (Å²) in [6.07, 6.45) is 1.05. The Hall–Kier alpha value is -4.06. The average molecular weight is 494 g/mol. The number of H-pyrrole nitrogens is 1. The van der Waals surface area contributed by atoms with Crippen molar-refractivity contribution in [1.29, 1.82) is 0 Å². The average Bonchev–Trinajstić information content (AvgIpc) is 3.52.